The Labute approximate surface area is 128 Å². The third kappa shape index (κ3) is 5.24. The van der Waals surface area contributed by atoms with E-state index in [0.29, 0.717) is 23.9 Å². The fraction of sp³-hybridized carbons (Fsp3) is 0.429. The average Bonchev–Trinajstić information content (AvgIpc) is 2.47. The summed E-state index contributed by atoms with van der Waals surface area (Å²) < 4.78 is 15.0. The van der Waals surface area contributed by atoms with E-state index in [2.05, 4.69) is 5.32 Å². The van der Waals surface area contributed by atoms with Gasteiger partial charge in [-0.15, -0.1) is 0 Å². The van der Waals surface area contributed by atoms with Crippen LogP contribution in [0.25, 0.3) is 0 Å². The fourth-order valence-electron chi connectivity index (χ4n) is 1.54. The van der Waals surface area contributed by atoms with Crippen LogP contribution in [0.5, 0.6) is 5.75 Å². The third-order valence-electron chi connectivity index (χ3n) is 2.64. The van der Waals surface area contributed by atoms with E-state index in [-0.39, 0.29) is 5.56 Å². The molecule has 1 amide bonds. The first-order valence-electron chi connectivity index (χ1n) is 6.30. The topological polar surface area (TPSA) is 73.9 Å². The summed E-state index contributed by atoms with van der Waals surface area (Å²) in [5.41, 5.74) is 0.168. The molecule has 0 aromatic heterocycles. The molecular weight excluding hydrogens is 298 g/mol. The molecule has 0 heterocycles. The lowest BCUT2D eigenvalue weighted by Gasteiger charge is -2.14. The summed E-state index contributed by atoms with van der Waals surface area (Å²) in [5, 5.41) is 2.96. The Kier molecular flexibility index (Phi) is 6.98. The minimum atomic E-state index is -0.932. The Bertz CT molecular complexity index is 506. The zero-order chi connectivity index (χ0) is 15.8. The average molecular weight is 316 g/mol. The van der Waals surface area contributed by atoms with Crippen molar-refractivity contribution in [2.24, 2.45) is 0 Å². The molecule has 1 rings (SSSR count). The van der Waals surface area contributed by atoms with Crippen molar-refractivity contribution in [2.45, 2.75) is 13.0 Å². The molecule has 0 aliphatic heterocycles. The summed E-state index contributed by atoms with van der Waals surface area (Å²) in [6, 6.07) is 4.58. The molecule has 0 bridgehead atoms. The lowest BCUT2D eigenvalue weighted by atomic mass is 10.2. The van der Waals surface area contributed by atoms with Gasteiger partial charge in [0.1, 0.15) is 11.3 Å². The van der Waals surface area contributed by atoms with Crippen molar-refractivity contribution in [2.75, 3.05) is 27.4 Å². The van der Waals surface area contributed by atoms with Crippen molar-refractivity contribution in [3.05, 3.63) is 28.8 Å². The van der Waals surface area contributed by atoms with E-state index >= 15 is 0 Å². The highest BCUT2D eigenvalue weighted by Gasteiger charge is 2.21. The van der Waals surface area contributed by atoms with Crippen LogP contribution in [-0.4, -0.2) is 45.4 Å². The second-order valence-electron chi connectivity index (χ2n) is 4.18. The molecular formula is C14H18ClNO5. The minimum Gasteiger partial charge on any atom is -0.496 e. The second-order valence-corrected chi connectivity index (χ2v) is 4.61. The van der Waals surface area contributed by atoms with Gasteiger partial charge < -0.3 is 19.5 Å². The summed E-state index contributed by atoms with van der Waals surface area (Å²) in [6.07, 6.45) is -0.932. The van der Waals surface area contributed by atoms with Gasteiger partial charge in [-0.2, -0.15) is 0 Å². The van der Waals surface area contributed by atoms with E-state index in [1.165, 1.54) is 27.2 Å². The maximum atomic E-state index is 12.1. The van der Waals surface area contributed by atoms with Crippen LogP contribution in [0.4, 0.5) is 0 Å². The second kappa shape index (κ2) is 8.49. The van der Waals surface area contributed by atoms with Gasteiger partial charge in [0.15, 0.2) is 6.10 Å². The number of carbonyl (C=O) groups excluding carboxylic acids is 2. The number of nitrogens with one attached hydrogen (secondary N) is 1. The lowest BCUT2D eigenvalue weighted by Crippen LogP contribution is -2.37. The monoisotopic (exact) mass is 315 g/mol. The number of rotatable bonds is 7. The van der Waals surface area contributed by atoms with E-state index in [1.807, 2.05) is 0 Å². The van der Waals surface area contributed by atoms with Gasteiger partial charge >= 0.3 is 5.97 Å². The molecule has 0 radical (unpaired) electrons. The third-order valence-corrected chi connectivity index (χ3v) is 2.87. The molecule has 21 heavy (non-hydrogen) atoms. The van der Waals surface area contributed by atoms with Crippen LogP contribution >= 0.6 is 11.6 Å². The number of esters is 1. The van der Waals surface area contributed by atoms with Gasteiger partial charge in [-0.1, -0.05) is 11.6 Å². The Morgan fingerprint density at radius 2 is 2.05 bits per heavy atom. The maximum absolute atomic E-state index is 12.1. The first-order chi connectivity index (χ1) is 9.99. The molecule has 0 saturated carbocycles. The van der Waals surface area contributed by atoms with E-state index in [0.717, 1.165) is 0 Å². The summed E-state index contributed by atoms with van der Waals surface area (Å²) in [5.74, 6) is -0.749. The SMILES string of the molecule is COCCNC(=O)[C@@H](C)OC(=O)c1cc(Cl)ccc1OC. The molecule has 7 heteroatoms. The van der Waals surface area contributed by atoms with Crippen molar-refractivity contribution in [1.29, 1.82) is 0 Å². The van der Waals surface area contributed by atoms with Crippen molar-refractivity contribution >= 4 is 23.5 Å². The molecule has 1 aromatic rings. The van der Waals surface area contributed by atoms with Crippen LogP contribution in [0.1, 0.15) is 17.3 Å². The first kappa shape index (κ1) is 17.3. The van der Waals surface area contributed by atoms with Gasteiger partial charge in [0.25, 0.3) is 5.91 Å². The number of halogens is 1. The highest BCUT2D eigenvalue weighted by molar-refractivity contribution is 6.31. The van der Waals surface area contributed by atoms with Crippen LogP contribution < -0.4 is 10.1 Å². The smallest absolute Gasteiger partial charge is 0.342 e. The van der Waals surface area contributed by atoms with Gasteiger partial charge in [-0.3, -0.25) is 4.79 Å². The molecule has 1 atom stereocenters. The van der Waals surface area contributed by atoms with Crippen molar-refractivity contribution in [3.63, 3.8) is 0 Å². The fourth-order valence-corrected chi connectivity index (χ4v) is 1.71. The molecule has 1 N–H and O–H groups in total. The molecule has 6 nitrogen and oxygen atoms in total. The van der Waals surface area contributed by atoms with E-state index < -0.39 is 18.0 Å². The summed E-state index contributed by atoms with van der Waals surface area (Å²) in [6.45, 7) is 2.21. The lowest BCUT2D eigenvalue weighted by molar-refractivity contribution is -0.129. The Morgan fingerprint density at radius 3 is 2.67 bits per heavy atom. The quantitative estimate of drug-likeness (QED) is 0.612. The zero-order valence-electron chi connectivity index (χ0n) is 12.1. The predicted octanol–water partition coefficient (Wildman–Crippen LogP) is 1.66. The van der Waals surface area contributed by atoms with Gasteiger partial charge in [0.2, 0.25) is 0 Å². The number of ether oxygens (including phenoxy) is 3. The first-order valence-corrected chi connectivity index (χ1v) is 6.68. The van der Waals surface area contributed by atoms with Gasteiger partial charge in [-0.25, -0.2) is 4.79 Å². The van der Waals surface area contributed by atoms with E-state index in [4.69, 9.17) is 25.8 Å². The highest BCUT2D eigenvalue weighted by Crippen LogP contribution is 2.23. The summed E-state index contributed by atoms with van der Waals surface area (Å²) >= 11 is 5.84. The largest absolute Gasteiger partial charge is 0.496 e. The van der Waals surface area contributed by atoms with Crippen LogP contribution in [-0.2, 0) is 14.3 Å². The number of hydrogen-bond acceptors (Lipinski definition) is 5. The number of carbonyl (C=O) groups is 2. The molecule has 1 aromatic carbocycles. The molecule has 0 aliphatic rings. The Morgan fingerprint density at radius 1 is 1.33 bits per heavy atom. The predicted molar refractivity (Wildman–Crippen MR) is 77.8 cm³/mol. The van der Waals surface area contributed by atoms with Crippen LogP contribution in [0, 0.1) is 0 Å². The van der Waals surface area contributed by atoms with Crippen LogP contribution in [0.2, 0.25) is 5.02 Å². The number of methoxy groups -OCH3 is 2. The molecule has 116 valence electrons. The van der Waals surface area contributed by atoms with Gasteiger partial charge in [0.05, 0.1) is 13.7 Å². The zero-order valence-corrected chi connectivity index (χ0v) is 12.9. The van der Waals surface area contributed by atoms with Gasteiger partial charge in [0, 0.05) is 18.7 Å². The van der Waals surface area contributed by atoms with Crippen molar-refractivity contribution in [3.8, 4) is 5.75 Å². The summed E-state index contributed by atoms with van der Waals surface area (Å²) in [4.78, 5) is 23.8. The Balaban J connectivity index is 2.68. The van der Waals surface area contributed by atoms with Gasteiger partial charge in [-0.05, 0) is 25.1 Å². The van der Waals surface area contributed by atoms with Crippen LogP contribution in [0.3, 0.4) is 0 Å². The molecule has 0 unspecified atom stereocenters. The normalized spacial score (nSPS) is 11.6. The highest BCUT2D eigenvalue weighted by atomic mass is 35.5. The van der Waals surface area contributed by atoms with E-state index in [1.54, 1.807) is 12.1 Å². The van der Waals surface area contributed by atoms with E-state index in [9.17, 15) is 9.59 Å². The van der Waals surface area contributed by atoms with Crippen molar-refractivity contribution < 1.29 is 23.8 Å². The number of amides is 1. The molecule has 0 saturated heterocycles. The molecule has 0 fully saturated rings. The van der Waals surface area contributed by atoms with Crippen LogP contribution in [0.15, 0.2) is 18.2 Å². The molecule has 0 spiro atoms. The summed E-state index contributed by atoms with van der Waals surface area (Å²) in [7, 11) is 2.96. The Hall–Kier alpha value is -1.79. The molecule has 0 aliphatic carbocycles. The minimum absolute atomic E-state index is 0.168. The number of hydrogen-bond donors (Lipinski definition) is 1. The van der Waals surface area contributed by atoms with Crippen molar-refractivity contribution in [1.82, 2.24) is 5.32 Å². The number of benzene rings is 1. The maximum Gasteiger partial charge on any atom is 0.342 e. The standard InChI is InChI=1S/C14H18ClNO5/c1-9(13(17)16-6-7-19-2)21-14(18)11-8-10(15)4-5-12(11)20-3/h4-5,8-9H,6-7H2,1-3H3,(H,16,17)/t9-/m1/s1.